The molecule has 0 aromatic rings. The molecule has 100 valence electrons. The van der Waals surface area contributed by atoms with Crippen LogP contribution in [0.5, 0.6) is 0 Å². The van der Waals surface area contributed by atoms with Crippen molar-refractivity contribution in [2.45, 2.75) is 38.3 Å². The molecule has 5 heteroatoms. The minimum atomic E-state index is -0.275. The Labute approximate surface area is 108 Å². The lowest BCUT2D eigenvalue weighted by atomic mass is 10.0. The zero-order valence-electron chi connectivity index (χ0n) is 11.0. The summed E-state index contributed by atoms with van der Waals surface area (Å²) < 4.78 is 5.26. The fourth-order valence-electron chi connectivity index (χ4n) is 2.68. The topological polar surface area (TPSA) is 56.6 Å². The lowest BCUT2D eigenvalue weighted by molar-refractivity contribution is -0.137. The smallest absolute Gasteiger partial charge is 0.237 e. The molecule has 2 fully saturated rings. The van der Waals surface area contributed by atoms with Gasteiger partial charge in [-0.05, 0) is 26.2 Å². The highest BCUT2D eigenvalue weighted by Crippen LogP contribution is 2.17. The van der Waals surface area contributed by atoms with E-state index in [1.54, 1.807) is 0 Å². The van der Waals surface area contributed by atoms with E-state index in [1.807, 2.05) is 9.80 Å². The summed E-state index contributed by atoms with van der Waals surface area (Å²) in [7, 11) is 0. The van der Waals surface area contributed by atoms with E-state index in [-0.39, 0.29) is 11.9 Å². The molecular weight excluding hydrogens is 230 g/mol. The van der Waals surface area contributed by atoms with E-state index < -0.39 is 0 Å². The lowest BCUT2D eigenvalue weighted by Gasteiger charge is -2.37. The van der Waals surface area contributed by atoms with Crippen molar-refractivity contribution in [3.8, 4) is 6.07 Å². The molecule has 18 heavy (non-hydrogen) atoms. The maximum Gasteiger partial charge on any atom is 0.237 e. The van der Waals surface area contributed by atoms with Gasteiger partial charge in [0.2, 0.25) is 5.91 Å². The van der Waals surface area contributed by atoms with Crippen LogP contribution in [-0.4, -0.2) is 60.6 Å². The van der Waals surface area contributed by atoms with Crippen LogP contribution in [0.1, 0.15) is 26.2 Å². The fourth-order valence-corrected chi connectivity index (χ4v) is 2.68. The quantitative estimate of drug-likeness (QED) is 0.721. The number of rotatable bonds is 2. The Kier molecular flexibility index (Phi) is 4.56. The van der Waals surface area contributed by atoms with Crippen LogP contribution in [0.15, 0.2) is 0 Å². The molecule has 2 aliphatic rings. The predicted molar refractivity (Wildman–Crippen MR) is 66.8 cm³/mol. The number of likely N-dealkylation sites (tertiary alicyclic amines) is 1. The Morgan fingerprint density at radius 3 is 3.00 bits per heavy atom. The van der Waals surface area contributed by atoms with Crippen LogP contribution in [-0.2, 0) is 9.53 Å². The highest BCUT2D eigenvalue weighted by molar-refractivity contribution is 5.78. The average molecular weight is 251 g/mol. The molecule has 1 amide bonds. The van der Waals surface area contributed by atoms with Gasteiger partial charge in [0, 0.05) is 19.1 Å². The monoisotopic (exact) mass is 251 g/mol. The van der Waals surface area contributed by atoms with E-state index in [2.05, 4.69) is 13.0 Å². The summed E-state index contributed by atoms with van der Waals surface area (Å²) in [5, 5.41) is 9.04. The van der Waals surface area contributed by atoms with Gasteiger partial charge in [-0.25, -0.2) is 0 Å². The fraction of sp³-hybridized carbons (Fsp3) is 0.846. The lowest BCUT2D eigenvalue weighted by Crippen LogP contribution is -2.52. The maximum absolute atomic E-state index is 12.3. The predicted octanol–water partition coefficient (Wildman–Crippen LogP) is 0.612. The van der Waals surface area contributed by atoms with E-state index in [4.69, 9.17) is 10.00 Å². The normalized spacial score (nSPS) is 29.9. The summed E-state index contributed by atoms with van der Waals surface area (Å²) in [4.78, 5) is 16.2. The van der Waals surface area contributed by atoms with E-state index in [1.165, 1.54) is 6.42 Å². The molecule has 2 saturated heterocycles. The van der Waals surface area contributed by atoms with Crippen LogP contribution >= 0.6 is 0 Å². The number of nitriles is 1. The average Bonchev–Trinajstić information content (AvgIpc) is 2.39. The molecule has 0 radical (unpaired) electrons. The molecule has 0 bridgehead atoms. The van der Waals surface area contributed by atoms with Gasteiger partial charge in [0.1, 0.15) is 6.04 Å². The summed E-state index contributed by atoms with van der Waals surface area (Å²) in [5.41, 5.74) is 0. The SMILES string of the molecule is CC1CCCCN1C(=O)CN1CCOCC1C#N. The Morgan fingerprint density at radius 2 is 2.28 bits per heavy atom. The standard InChI is InChI=1S/C13H21N3O2/c1-11-4-2-3-5-16(11)13(17)9-15-6-7-18-10-12(15)8-14/h11-12H,2-7,9-10H2,1H3. The summed E-state index contributed by atoms with van der Waals surface area (Å²) in [6.07, 6.45) is 3.40. The molecule has 2 atom stereocenters. The maximum atomic E-state index is 12.3. The molecule has 0 spiro atoms. The number of amides is 1. The molecule has 2 unspecified atom stereocenters. The third-order valence-corrected chi connectivity index (χ3v) is 3.85. The molecule has 2 rings (SSSR count). The van der Waals surface area contributed by atoms with Gasteiger partial charge in [-0.15, -0.1) is 0 Å². The number of morpholine rings is 1. The number of carbonyl (C=O) groups excluding carboxylic acids is 1. The molecule has 2 heterocycles. The van der Waals surface area contributed by atoms with Crippen molar-refractivity contribution in [2.75, 3.05) is 32.8 Å². The summed E-state index contributed by atoms with van der Waals surface area (Å²) in [5.74, 6) is 0.157. The zero-order valence-corrected chi connectivity index (χ0v) is 11.0. The van der Waals surface area contributed by atoms with E-state index in [0.717, 1.165) is 19.4 Å². The van der Waals surface area contributed by atoms with Gasteiger partial charge in [-0.3, -0.25) is 9.69 Å². The first-order valence-corrected chi connectivity index (χ1v) is 6.73. The molecule has 5 nitrogen and oxygen atoms in total. The van der Waals surface area contributed by atoms with Crippen LogP contribution in [0, 0.1) is 11.3 Å². The van der Waals surface area contributed by atoms with Crippen molar-refractivity contribution >= 4 is 5.91 Å². The molecule has 0 aromatic carbocycles. The number of nitrogens with zero attached hydrogens (tertiary/aromatic N) is 3. The molecular formula is C13H21N3O2. The molecule has 0 saturated carbocycles. The minimum absolute atomic E-state index is 0.157. The second kappa shape index (κ2) is 6.17. The van der Waals surface area contributed by atoms with Gasteiger partial charge >= 0.3 is 0 Å². The van der Waals surface area contributed by atoms with Crippen molar-refractivity contribution in [3.63, 3.8) is 0 Å². The number of ether oxygens (including phenoxy) is 1. The third-order valence-electron chi connectivity index (χ3n) is 3.85. The highest BCUT2D eigenvalue weighted by Gasteiger charge is 2.29. The molecule has 2 aliphatic heterocycles. The number of carbonyl (C=O) groups is 1. The Morgan fingerprint density at radius 1 is 1.44 bits per heavy atom. The van der Waals surface area contributed by atoms with Crippen molar-refractivity contribution in [2.24, 2.45) is 0 Å². The van der Waals surface area contributed by atoms with Gasteiger partial charge < -0.3 is 9.64 Å². The van der Waals surface area contributed by atoms with Gasteiger partial charge in [0.15, 0.2) is 0 Å². The van der Waals surface area contributed by atoms with E-state index in [9.17, 15) is 4.79 Å². The number of hydrogen-bond acceptors (Lipinski definition) is 4. The summed E-state index contributed by atoms with van der Waals surface area (Å²) >= 11 is 0. The van der Waals surface area contributed by atoms with Crippen LogP contribution in [0.25, 0.3) is 0 Å². The van der Waals surface area contributed by atoms with Crippen LogP contribution in [0.3, 0.4) is 0 Å². The number of hydrogen-bond donors (Lipinski definition) is 0. The first kappa shape index (κ1) is 13.3. The van der Waals surface area contributed by atoms with Gasteiger partial charge in [0.25, 0.3) is 0 Å². The zero-order chi connectivity index (χ0) is 13.0. The summed E-state index contributed by atoms with van der Waals surface area (Å²) in [6, 6.07) is 2.27. The first-order valence-electron chi connectivity index (χ1n) is 6.73. The van der Waals surface area contributed by atoms with Crippen molar-refractivity contribution < 1.29 is 9.53 Å². The largest absolute Gasteiger partial charge is 0.377 e. The number of piperidine rings is 1. The Balaban J connectivity index is 1.91. The van der Waals surface area contributed by atoms with Crippen LogP contribution in [0.2, 0.25) is 0 Å². The summed E-state index contributed by atoms with van der Waals surface area (Å²) in [6.45, 7) is 5.03. The third kappa shape index (κ3) is 3.01. The van der Waals surface area contributed by atoms with Crippen molar-refractivity contribution in [1.29, 1.82) is 5.26 Å². The second-order valence-electron chi connectivity index (χ2n) is 5.12. The highest BCUT2D eigenvalue weighted by atomic mass is 16.5. The Hall–Kier alpha value is -1.12. The van der Waals surface area contributed by atoms with Crippen LogP contribution in [0.4, 0.5) is 0 Å². The molecule has 0 aromatic heterocycles. The van der Waals surface area contributed by atoms with Gasteiger partial charge in [0.05, 0.1) is 25.8 Å². The second-order valence-corrected chi connectivity index (χ2v) is 5.12. The van der Waals surface area contributed by atoms with Crippen molar-refractivity contribution in [3.05, 3.63) is 0 Å². The van der Waals surface area contributed by atoms with Gasteiger partial charge in [-0.2, -0.15) is 5.26 Å². The van der Waals surface area contributed by atoms with E-state index in [0.29, 0.717) is 32.3 Å². The minimum Gasteiger partial charge on any atom is -0.377 e. The molecule has 0 aliphatic carbocycles. The first-order chi connectivity index (χ1) is 8.72. The van der Waals surface area contributed by atoms with E-state index >= 15 is 0 Å². The Bertz CT molecular complexity index is 340. The van der Waals surface area contributed by atoms with Crippen LogP contribution < -0.4 is 0 Å². The van der Waals surface area contributed by atoms with Crippen molar-refractivity contribution in [1.82, 2.24) is 9.80 Å². The molecule has 0 N–H and O–H groups in total. The van der Waals surface area contributed by atoms with Gasteiger partial charge in [-0.1, -0.05) is 0 Å².